The number of likely N-dealkylation sites (N-methyl/N-ethyl adjacent to an activating group) is 1. The zero-order chi connectivity index (χ0) is 33.1. The molecule has 3 aromatic carbocycles. The van der Waals surface area contributed by atoms with E-state index in [1.54, 1.807) is 35.2 Å². The molecule has 0 aliphatic carbocycles. The van der Waals surface area contributed by atoms with Gasteiger partial charge in [-0.2, -0.15) is 0 Å². The lowest BCUT2D eigenvalue weighted by molar-refractivity contribution is -0.116. The topological polar surface area (TPSA) is 137 Å². The molecule has 1 aliphatic heterocycles. The molecular formula is C36H47N5O5. The summed E-state index contributed by atoms with van der Waals surface area (Å²) in [5.74, 6) is -0.263. The Morgan fingerprint density at radius 3 is 2.26 bits per heavy atom. The van der Waals surface area contributed by atoms with E-state index in [1.807, 2.05) is 51.2 Å². The third-order valence-electron chi connectivity index (χ3n) is 8.29. The number of nitrogens with two attached hydrogens (primary N) is 1. The summed E-state index contributed by atoms with van der Waals surface area (Å²) < 4.78 is 6.63. The van der Waals surface area contributed by atoms with E-state index in [0.29, 0.717) is 67.1 Å². The summed E-state index contributed by atoms with van der Waals surface area (Å²) in [6.07, 6.45) is 2.25. The smallest absolute Gasteiger partial charge is 0.258 e. The van der Waals surface area contributed by atoms with Crippen LogP contribution in [-0.2, 0) is 16.1 Å². The van der Waals surface area contributed by atoms with Gasteiger partial charge in [0.05, 0.1) is 35.3 Å². The number of hydrogen-bond donors (Lipinski definition) is 4. The van der Waals surface area contributed by atoms with Crippen molar-refractivity contribution in [2.24, 2.45) is 5.92 Å². The monoisotopic (exact) mass is 629 g/mol. The summed E-state index contributed by atoms with van der Waals surface area (Å²) in [5, 5.41) is 15.8. The Balaban J connectivity index is 1.41. The van der Waals surface area contributed by atoms with Crippen LogP contribution in [0.1, 0.15) is 61.9 Å². The fourth-order valence-electron chi connectivity index (χ4n) is 5.61. The van der Waals surface area contributed by atoms with E-state index in [1.165, 1.54) is 5.56 Å². The molecular weight excluding hydrogens is 582 g/mol. The molecule has 3 atom stereocenters. The number of nitrogens with one attached hydrogen (secondary N) is 2. The highest BCUT2D eigenvalue weighted by molar-refractivity contribution is 6.01. The number of amides is 3. The third-order valence-corrected chi connectivity index (χ3v) is 8.29. The quantitative estimate of drug-likeness (QED) is 0.143. The van der Waals surface area contributed by atoms with Gasteiger partial charge in [-0.05, 0) is 56.6 Å². The Morgan fingerprint density at radius 1 is 0.957 bits per heavy atom. The van der Waals surface area contributed by atoms with Gasteiger partial charge in [0, 0.05) is 38.4 Å². The van der Waals surface area contributed by atoms with Gasteiger partial charge in [-0.15, -0.1) is 0 Å². The number of carbonyl (C=O) groups is 3. The van der Waals surface area contributed by atoms with Crippen molar-refractivity contribution in [3.05, 3.63) is 83.9 Å². The molecule has 0 spiro atoms. The molecule has 3 aromatic rings. The summed E-state index contributed by atoms with van der Waals surface area (Å²) in [6.45, 7) is 5.47. The molecule has 0 fully saturated rings. The van der Waals surface area contributed by atoms with Crippen molar-refractivity contribution >= 4 is 34.8 Å². The number of carbonyl (C=O) groups excluding carboxylic acids is 3. The Labute approximate surface area is 271 Å². The van der Waals surface area contributed by atoms with Gasteiger partial charge < -0.3 is 31.1 Å². The number of aliphatic hydroxyl groups excluding tert-OH is 1. The van der Waals surface area contributed by atoms with E-state index < -0.39 is 0 Å². The largest absolute Gasteiger partial charge is 0.486 e. The fraction of sp³-hybridized carbons (Fsp3) is 0.417. The van der Waals surface area contributed by atoms with Gasteiger partial charge in [0.1, 0.15) is 6.10 Å². The third kappa shape index (κ3) is 9.55. The number of anilines is 3. The van der Waals surface area contributed by atoms with Crippen molar-refractivity contribution in [1.29, 1.82) is 0 Å². The zero-order valence-corrected chi connectivity index (χ0v) is 27.1. The van der Waals surface area contributed by atoms with Gasteiger partial charge >= 0.3 is 0 Å². The first kappa shape index (κ1) is 34.5. The van der Waals surface area contributed by atoms with Gasteiger partial charge in [-0.25, -0.2) is 0 Å². The molecule has 0 saturated heterocycles. The summed E-state index contributed by atoms with van der Waals surface area (Å²) in [4.78, 5) is 43.0. The van der Waals surface area contributed by atoms with E-state index in [4.69, 9.17) is 10.5 Å². The summed E-state index contributed by atoms with van der Waals surface area (Å²) in [6, 6.07) is 22.1. The minimum atomic E-state index is -0.381. The van der Waals surface area contributed by atoms with Crippen LogP contribution in [-0.4, -0.2) is 71.5 Å². The van der Waals surface area contributed by atoms with E-state index in [0.717, 1.165) is 6.54 Å². The van der Waals surface area contributed by atoms with E-state index >= 15 is 0 Å². The Morgan fingerprint density at radius 2 is 1.59 bits per heavy atom. The standard InChI is InChI=1S/C36H47N5O5/c1-25-21-41(26(2)24-42)36(45)28-15-12-18-31(35(28)46-32(25)23-40(3)22-27-13-6-4-7-14-27)39-34(44)20-9-5-8-19-33(43)38-30-17-11-10-16-29(30)37/h4,6-7,10-18,25-26,32,42H,5,8-9,19-24,37H2,1-3H3,(H,38,43)(H,39,44)/t25-,26-,32+/m0/s1. The molecule has 0 saturated carbocycles. The predicted molar refractivity (Wildman–Crippen MR) is 182 cm³/mol. The minimum absolute atomic E-state index is 0.0522. The number of unbranched alkanes of at least 4 members (excludes halogenated alkanes) is 2. The van der Waals surface area contributed by atoms with Crippen molar-refractivity contribution < 1.29 is 24.2 Å². The summed E-state index contributed by atoms with van der Waals surface area (Å²) in [5.41, 5.74) is 8.99. The van der Waals surface area contributed by atoms with Gasteiger partial charge in [0.2, 0.25) is 11.8 Å². The lowest BCUT2D eigenvalue weighted by atomic mass is 9.98. The molecule has 3 amide bonds. The molecule has 10 heteroatoms. The molecule has 46 heavy (non-hydrogen) atoms. The maximum Gasteiger partial charge on any atom is 0.258 e. The Kier molecular flexibility index (Phi) is 12.6. The zero-order valence-electron chi connectivity index (χ0n) is 27.1. The molecule has 1 aliphatic rings. The first-order valence-corrected chi connectivity index (χ1v) is 16.0. The number of aliphatic hydroxyl groups is 1. The number of hydrogen-bond acceptors (Lipinski definition) is 7. The second kappa shape index (κ2) is 16.8. The van der Waals surface area contributed by atoms with Crippen LogP contribution in [0.5, 0.6) is 5.75 Å². The van der Waals surface area contributed by atoms with Crippen LogP contribution in [0.4, 0.5) is 17.1 Å². The maximum atomic E-state index is 13.7. The van der Waals surface area contributed by atoms with Crippen molar-refractivity contribution in [3.8, 4) is 5.75 Å². The summed E-state index contributed by atoms with van der Waals surface area (Å²) >= 11 is 0. The first-order valence-electron chi connectivity index (χ1n) is 16.0. The highest BCUT2D eigenvalue weighted by Crippen LogP contribution is 2.35. The number of rotatable bonds is 14. The molecule has 0 unspecified atom stereocenters. The number of ether oxygens (including phenoxy) is 1. The van der Waals surface area contributed by atoms with Gasteiger partial charge in [-0.1, -0.05) is 61.9 Å². The second-order valence-corrected chi connectivity index (χ2v) is 12.2. The van der Waals surface area contributed by atoms with Crippen LogP contribution in [0.15, 0.2) is 72.8 Å². The Bertz CT molecular complexity index is 1470. The van der Waals surface area contributed by atoms with E-state index in [2.05, 4.69) is 27.7 Å². The van der Waals surface area contributed by atoms with E-state index in [9.17, 15) is 19.5 Å². The predicted octanol–water partition coefficient (Wildman–Crippen LogP) is 5.15. The molecule has 10 nitrogen and oxygen atoms in total. The number of nitrogen functional groups attached to an aromatic ring is 1. The molecule has 0 aromatic heterocycles. The van der Waals surface area contributed by atoms with Gasteiger partial charge in [0.25, 0.3) is 5.91 Å². The minimum Gasteiger partial charge on any atom is -0.486 e. The number of para-hydroxylation sites is 3. The van der Waals surface area contributed by atoms with Crippen molar-refractivity contribution in [2.75, 3.05) is 43.1 Å². The summed E-state index contributed by atoms with van der Waals surface area (Å²) in [7, 11) is 2.04. The lowest BCUT2D eigenvalue weighted by Crippen LogP contribution is -2.49. The SMILES string of the molecule is C[C@H]1CN([C@@H](C)CO)C(=O)c2cccc(NC(=O)CCCCCC(=O)Nc3ccccc3N)c2O[C@@H]1CN(C)Cc1ccccc1. The molecule has 0 radical (unpaired) electrons. The Hall–Kier alpha value is -4.41. The molecule has 246 valence electrons. The normalized spacial score (nSPS) is 17.0. The molecule has 4 rings (SSSR count). The van der Waals surface area contributed by atoms with Crippen LogP contribution < -0.4 is 21.1 Å². The van der Waals surface area contributed by atoms with Gasteiger partial charge in [-0.3, -0.25) is 19.3 Å². The molecule has 1 heterocycles. The van der Waals surface area contributed by atoms with Crippen LogP contribution in [0, 0.1) is 5.92 Å². The first-order chi connectivity index (χ1) is 22.2. The van der Waals surface area contributed by atoms with Gasteiger partial charge in [0.15, 0.2) is 5.75 Å². The number of fused-ring (bicyclic) bond motifs is 1. The fourth-order valence-corrected chi connectivity index (χ4v) is 5.61. The van der Waals surface area contributed by atoms with Crippen molar-refractivity contribution in [3.63, 3.8) is 0 Å². The maximum absolute atomic E-state index is 13.7. The lowest BCUT2D eigenvalue weighted by Gasteiger charge is -2.38. The van der Waals surface area contributed by atoms with Crippen LogP contribution in [0.3, 0.4) is 0 Å². The van der Waals surface area contributed by atoms with Crippen LogP contribution in [0.2, 0.25) is 0 Å². The molecule has 0 bridgehead atoms. The van der Waals surface area contributed by atoms with Crippen LogP contribution >= 0.6 is 0 Å². The van der Waals surface area contributed by atoms with E-state index in [-0.39, 0.29) is 48.8 Å². The highest BCUT2D eigenvalue weighted by atomic mass is 16.5. The van der Waals surface area contributed by atoms with Crippen molar-refractivity contribution in [1.82, 2.24) is 9.80 Å². The number of nitrogens with zero attached hydrogens (tertiary/aromatic N) is 2. The molecule has 5 N–H and O–H groups in total. The average molecular weight is 630 g/mol. The highest BCUT2D eigenvalue weighted by Gasteiger charge is 2.34. The average Bonchev–Trinajstić information content (AvgIpc) is 3.04. The number of benzene rings is 3. The van der Waals surface area contributed by atoms with Crippen molar-refractivity contribution in [2.45, 2.75) is 64.6 Å². The second-order valence-electron chi connectivity index (χ2n) is 12.2. The van der Waals surface area contributed by atoms with Crippen LogP contribution in [0.25, 0.3) is 0 Å².